The predicted molar refractivity (Wildman–Crippen MR) is 117 cm³/mol. The number of nitrogens with zero attached hydrogens (tertiary/aromatic N) is 5. The molecule has 8 nitrogen and oxygen atoms in total. The second-order valence-corrected chi connectivity index (χ2v) is 8.86. The molecule has 3 fully saturated rings. The van der Waals surface area contributed by atoms with Crippen molar-refractivity contribution in [3.63, 3.8) is 0 Å². The Morgan fingerprint density at radius 1 is 1.22 bits per heavy atom. The normalized spacial score (nSPS) is 23.4. The van der Waals surface area contributed by atoms with E-state index in [-0.39, 0.29) is 24.6 Å². The minimum absolute atomic E-state index is 0.0384. The van der Waals surface area contributed by atoms with Gasteiger partial charge in [0.2, 0.25) is 5.91 Å². The molecule has 2 aliphatic heterocycles. The lowest BCUT2D eigenvalue weighted by Crippen LogP contribution is -2.56. The molecule has 3 aliphatic rings. The van der Waals surface area contributed by atoms with Gasteiger partial charge in [-0.1, -0.05) is 0 Å². The summed E-state index contributed by atoms with van der Waals surface area (Å²) in [5.41, 5.74) is 1.10. The molecule has 166 valence electrons. The lowest BCUT2D eigenvalue weighted by molar-refractivity contribution is -0.154. The highest BCUT2D eigenvalue weighted by molar-refractivity contribution is 5.78. The van der Waals surface area contributed by atoms with Crippen molar-refractivity contribution in [2.75, 3.05) is 31.7 Å². The van der Waals surface area contributed by atoms with Crippen LogP contribution in [0, 0.1) is 11.3 Å². The molecule has 32 heavy (non-hydrogen) atoms. The van der Waals surface area contributed by atoms with Gasteiger partial charge in [-0.25, -0.2) is 4.98 Å². The monoisotopic (exact) mass is 433 g/mol. The summed E-state index contributed by atoms with van der Waals surface area (Å²) < 4.78 is 11.6. The summed E-state index contributed by atoms with van der Waals surface area (Å²) in [6.45, 7) is 1.42. The number of ether oxygens (including phenoxy) is 2. The standard InChI is InChI=1S/C24H27N5O3/c1-31-21-9-18(12-26-13-21)24(7-2-8-24)32-16-23(30)28-14-19-4-5-20(15-28)29(19)22-6-3-17(10-25)11-27-22/h3,6,9,11-13,19-20H,2,4-5,7-8,14-16H2,1H3/t19-,20?/m0/s1. The summed E-state index contributed by atoms with van der Waals surface area (Å²) in [5.74, 6) is 1.63. The molecule has 2 aromatic heterocycles. The van der Waals surface area contributed by atoms with Gasteiger partial charge < -0.3 is 19.3 Å². The van der Waals surface area contributed by atoms with Crippen LogP contribution in [0.2, 0.25) is 0 Å². The molecule has 0 radical (unpaired) electrons. The second-order valence-electron chi connectivity index (χ2n) is 8.86. The minimum atomic E-state index is -0.440. The van der Waals surface area contributed by atoms with Crippen molar-refractivity contribution in [1.29, 1.82) is 5.26 Å². The number of likely N-dealkylation sites (tertiary alicyclic amines) is 1. The molecule has 2 saturated heterocycles. The lowest BCUT2D eigenvalue weighted by atomic mass is 9.75. The number of aromatic nitrogens is 2. The number of hydrogen-bond acceptors (Lipinski definition) is 7. The van der Waals surface area contributed by atoms with E-state index in [1.54, 1.807) is 25.6 Å². The van der Waals surface area contributed by atoms with Gasteiger partial charge in [-0.15, -0.1) is 0 Å². The maximum absolute atomic E-state index is 13.1. The summed E-state index contributed by atoms with van der Waals surface area (Å²) in [7, 11) is 1.62. The summed E-state index contributed by atoms with van der Waals surface area (Å²) in [5, 5.41) is 9.01. The van der Waals surface area contributed by atoms with E-state index in [0.717, 1.165) is 43.5 Å². The van der Waals surface area contributed by atoms with Crippen molar-refractivity contribution in [3.05, 3.63) is 47.9 Å². The van der Waals surface area contributed by atoms with Crippen molar-refractivity contribution in [1.82, 2.24) is 14.9 Å². The first-order chi connectivity index (χ1) is 15.6. The van der Waals surface area contributed by atoms with Crippen LogP contribution in [0.1, 0.15) is 43.2 Å². The highest BCUT2D eigenvalue weighted by atomic mass is 16.5. The number of rotatable bonds is 6. The minimum Gasteiger partial charge on any atom is -0.495 e. The van der Waals surface area contributed by atoms with Gasteiger partial charge in [-0.3, -0.25) is 9.78 Å². The molecule has 2 atom stereocenters. The van der Waals surface area contributed by atoms with E-state index in [1.165, 1.54) is 0 Å². The summed E-state index contributed by atoms with van der Waals surface area (Å²) >= 11 is 0. The summed E-state index contributed by atoms with van der Waals surface area (Å²) in [6.07, 6.45) is 10.0. The van der Waals surface area contributed by atoms with Crippen molar-refractivity contribution >= 4 is 11.7 Å². The fraction of sp³-hybridized carbons (Fsp3) is 0.500. The summed E-state index contributed by atoms with van der Waals surface area (Å²) in [4.78, 5) is 26.1. The smallest absolute Gasteiger partial charge is 0.248 e. The van der Waals surface area contributed by atoms with E-state index >= 15 is 0 Å². The molecule has 8 heteroatoms. The highest BCUT2D eigenvalue weighted by Gasteiger charge is 2.44. The Morgan fingerprint density at radius 3 is 2.59 bits per heavy atom. The number of anilines is 1. The Balaban J connectivity index is 1.23. The Kier molecular flexibility index (Phi) is 5.43. The largest absolute Gasteiger partial charge is 0.495 e. The van der Waals surface area contributed by atoms with Gasteiger partial charge >= 0.3 is 0 Å². The van der Waals surface area contributed by atoms with Crippen LogP contribution < -0.4 is 9.64 Å². The number of carbonyl (C=O) groups is 1. The molecule has 0 N–H and O–H groups in total. The quantitative estimate of drug-likeness (QED) is 0.691. The van der Waals surface area contributed by atoms with E-state index in [4.69, 9.17) is 14.7 Å². The zero-order valence-electron chi connectivity index (χ0n) is 18.2. The van der Waals surface area contributed by atoms with Gasteiger partial charge in [0.15, 0.2) is 0 Å². The van der Waals surface area contributed by atoms with Crippen LogP contribution in [0.4, 0.5) is 5.82 Å². The summed E-state index contributed by atoms with van der Waals surface area (Å²) in [6, 6.07) is 8.28. The van der Waals surface area contributed by atoms with Gasteiger partial charge in [0.25, 0.3) is 0 Å². The molecule has 1 unspecified atom stereocenters. The average Bonchev–Trinajstić information content (AvgIpc) is 3.07. The van der Waals surface area contributed by atoms with Crippen LogP contribution in [0.25, 0.3) is 0 Å². The third kappa shape index (κ3) is 3.67. The number of carbonyl (C=O) groups excluding carboxylic acids is 1. The number of piperazine rings is 1. The van der Waals surface area contributed by atoms with Gasteiger partial charge in [0, 0.05) is 43.1 Å². The molecule has 1 aliphatic carbocycles. The highest BCUT2D eigenvalue weighted by Crippen LogP contribution is 2.45. The number of fused-ring (bicyclic) bond motifs is 2. The van der Waals surface area contributed by atoms with Crippen molar-refractivity contribution < 1.29 is 14.3 Å². The van der Waals surface area contributed by atoms with E-state index in [1.807, 2.05) is 23.2 Å². The van der Waals surface area contributed by atoms with Crippen molar-refractivity contribution in [2.45, 2.75) is 49.8 Å². The van der Waals surface area contributed by atoms with Gasteiger partial charge in [-0.05, 0) is 50.3 Å². The fourth-order valence-electron chi connectivity index (χ4n) is 5.17. The van der Waals surface area contributed by atoms with Crippen LogP contribution in [0.5, 0.6) is 5.75 Å². The van der Waals surface area contributed by atoms with Gasteiger partial charge in [0.05, 0.1) is 24.5 Å². The average molecular weight is 434 g/mol. The molecular formula is C24H27N5O3. The van der Waals surface area contributed by atoms with E-state index < -0.39 is 5.60 Å². The van der Waals surface area contributed by atoms with E-state index in [2.05, 4.69) is 20.9 Å². The molecule has 0 spiro atoms. The number of methoxy groups -OCH3 is 1. The molecule has 0 aromatic carbocycles. The Bertz CT molecular complexity index is 1020. The predicted octanol–water partition coefficient (Wildman–Crippen LogP) is 2.63. The lowest BCUT2D eigenvalue weighted by Gasteiger charge is -2.44. The number of nitriles is 1. The molecule has 2 bridgehead atoms. The second kappa shape index (κ2) is 8.40. The van der Waals surface area contributed by atoms with Crippen LogP contribution >= 0.6 is 0 Å². The molecule has 2 aromatic rings. The van der Waals surface area contributed by atoms with E-state index in [0.29, 0.717) is 24.4 Å². The van der Waals surface area contributed by atoms with Gasteiger partial charge in [0.1, 0.15) is 24.2 Å². The van der Waals surface area contributed by atoms with Crippen LogP contribution in [0.3, 0.4) is 0 Å². The van der Waals surface area contributed by atoms with Gasteiger partial charge in [-0.2, -0.15) is 5.26 Å². The molecule has 1 amide bonds. The SMILES string of the molecule is COc1cncc(C2(OCC(=O)N3CC4CC[C@@H](C3)N4c3ccc(C#N)cn3)CCC2)c1. The number of amides is 1. The molecular weight excluding hydrogens is 406 g/mol. The van der Waals surface area contributed by atoms with Crippen LogP contribution in [-0.4, -0.2) is 59.7 Å². The number of pyridine rings is 2. The first-order valence-electron chi connectivity index (χ1n) is 11.2. The first kappa shape index (κ1) is 20.7. The third-order valence-electron chi connectivity index (χ3n) is 7.08. The molecule has 1 saturated carbocycles. The maximum atomic E-state index is 13.1. The number of hydrogen-bond donors (Lipinski definition) is 0. The first-order valence-corrected chi connectivity index (χ1v) is 11.2. The third-order valence-corrected chi connectivity index (χ3v) is 7.08. The zero-order valence-corrected chi connectivity index (χ0v) is 18.2. The van der Waals surface area contributed by atoms with Crippen molar-refractivity contribution in [2.24, 2.45) is 0 Å². The fourth-order valence-corrected chi connectivity index (χ4v) is 5.17. The molecule has 5 rings (SSSR count). The van der Waals surface area contributed by atoms with E-state index in [9.17, 15) is 4.79 Å². The van der Waals surface area contributed by atoms with Crippen LogP contribution in [-0.2, 0) is 15.1 Å². The Morgan fingerprint density at radius 2 is 2.00 bits per heavy atom. The Hall–Kier alpha value is -3.18. The maximum Gasteiger partial charge on any atom is 0.248 e. The Labute approximate surface area is 187 Å². The molecule has 4 heterocycles. The van der Waals surface area contributed by atoms with Crippen LogP contribution in [0.15, 0.2) is 36.8 Å². The zero-order chi connectivity index (χ0) is 22.1. The topological polar surface area (TPSA) is 91.6 Å². The van der Waals surface area contributed by atoms with Crippen molar-refractivity contribution in [3.8, 4) is 11.8 Å².